The van der Waals surface area contributed by atoms with Crippen LogP contribution in [0.4, 0.5) is 0 Å². The van der Waals surface area contributed by atoms with E-state index in [2.05, 4.69) is 79.9 Å². The Morgan fingerprint density at radius 1 is 0.519 bits per heavy atom. The molecule has 3 N–H and O–H groups in total. The minimum Gasteiger partial charge on any atom is -0.391 e. The Kier molecular flexibility index (Phi) is 39.2. The molecule has 6 nitrogen and oxygen atoms in total. The number of carbonyl (C=O) groups is 1. The highest BCUT2D eigenvalue weighted by molar-refractivity contribution is 7.85. The summed E-state index contributed by atoms with van der Waals surface area (Å²) in [7, 11) is -4.32. The van der Waals surface area contributed by atoms with Crippen molar-refractivity contribution in [3.05, 3.63) is 60.8 Å². The van der Waals surface area contributed by atoms with Crippen LogP contribution in [0.1, 0.15) is 213 Å². The molecule has 0 aromatic rings. The Labute approximate surface area is 334 Å². The fourth-order valence-corrected chi connectivity index (χ4v) is 7.42. The zero-order chi connectivity index (χ0) is 39.6. The van der Waals surface area contributed by atoms with Crippen molar-refractivity contribution in [3.8, 4) is 0 Å². The Bertz CT molecular complexity index is 1080. The molecule has 2 unspecified atom stereocenters. The second-order valence-corrected chi connectivity index (χ2v) is 16.8. The van der Waals surface area contributed by atoms with Crippen molar-refractivity contribution >= 4 is 16.0 Å². The predicted octanol–water partition coefficient (Wildman–Crippen LogP) is 13.6. The third-order valence-electron chi connectivity index (χ3n) is 9.99. The van der Waals surface area contributed by atoms with Crippen LogP contribution in [0.15, 0.2) is 60.8 Å². The normalized spacial score (nSPS) is 13.8. The molecular formula is C47H85NO5S. The zero-order valence-corrected chi connectivity index (χ0v) is 35.9. The van der Waals surface area contributed by atoms with E-state index in [1.54, 1.807) is 0 Å². The first-order valence-electron chi connectivity index (χ1n) is 22.5. The second-order valence-electron chi connectivity index (χ2n) is 15.3. The predicted molar refractivity (Wildman–Crippen MR) is 235 cm³/mol. The van der Waals surface area contributed by atoms with E-state index in [4.69, 9.17) is 0 Å². The van der Waals surface area contributed by atoms with Crippen molar-refractivity contribution in [2.75, 3.05) is 5.75 Å². The monoisotopic (exact) mass is 776 g/mol. The molecule has 0 aromatic carbocycles. The first kappa shape index (κ1) is 52.0. The van der Waals surface area contributed by atoms with Crippen LogP contribution in [0.2, 0.25) is 0 Å². The average molecular weight is 776 g/mol. The minimum absolute atomic E-state index is 0.258. The Morgan fingerprint density at radius 3 is 1.31 bits per heavy atom. The van der Waals surface area contributed by atoms with Crippen LogP contribution >= 0.6 is 0 Å². The van der Waals surface area contributed by atoms with Crippen LogP contribution in [0.3, 0.4) is 0 Å². The molecule has 0 saturated heterocycles. The number of unbranched alkanes of at least 4 members (excludes halogenated alkanes) is 22. The van der Waals surface area contributed by atoms with Crippen LogP contribution in [0, 0.1) is 0 Å². The Hall–Kier alpha value is -1.96. The number of hydrogen-bond acceptors (Lipinski definition) is 4. The number of aliphatic hydroxyl groups is 1. The van der Waals surface area contributed by atoms with Crippen LogP contribution in [0.5, 0.6) is 0 Å². The molecule has 54 heavy (non-hydrogen) atoms. The molecule has 0 aliphatic rings. The van der Waals surface area contributed by atoms with Gasteiger partial charge in [-0.15, -0.1) is 0 Å². The summed E-state index contributed by atoms with van der Waals surface area (Å²) in [6.07, 6.45) is 56.0. The maximum Gasteiger partial charge on any atom is 0.266 e. The van der Waals surface area contributed by atoms with E-state index in [0.29, 0.717) is 12.8 Å². The number of rotatable bonds is 40. The number of allylic oxidation sites excluding steroid dienone is 10. The summed E-state index contributed by atoms with van der Waals surface area (Å²) in [5.41, 5.74) is 0. The molecule has 0 saturated carbocycles. The number of hydrogen-bond donors (Lipinski definition) is 3. The van der Waals surface area contributed by atoms with Crippen LogP contribution < -0.4 is 5.32 Å². The van der Waals surface area contributed by atoms with Crippen molar-refractivity contribution in [2.45, 2.75) is 225 Å². The third kappa shape index (κ3) is 41.2. The van der Waals surface area contributed by atoms with E-state index >= 15 is 0 Å². The molecule has 0 rings (SSSR count). The lowest BCUT2D eigenvalue weighted by molar-refractivity contribution is -0.122. The third-order valence-corrected chi connectivity index (χ3v) is 10.8. The number of amides is 1. The van der Waals surface area contributed by atoms with E-state index in [0.717, 1.165) is 83.5 Å². The summed E-state index contributed by atoms with van der Waals surface area (Å²) in [4.78, 5) is 12.6. The molecule has 1 amide bonds. The zero-order valence-electron chi connectivity index (χ0n) is 35.1. The van der Waals surface area contributed by atoms with E-state index in [9.17, 15) is 22.9 Å². The fourth-order valence-electron chi connectivity index (χ4n) is 6.66. The van der Waals surface area contributed by atoms with Crippen molar-refractivity contribution in [1.82, 2.24) is 5.32 Å². The molecule has 0 aromatic heterocycles. The lowest BCUT2D eigenvalue weighted by Crippen LogP contribution is -2.47. The topological polar surface area (TPSA) is 104 Å². The van der Waals surface area contributed by atoms with Gasteiger partial charge < -0.3 is 10.4 Å². The molecule has 0 bridgehead atoms. The molecule has 0 fully saturated rings. The summed E-state index contributed by atoms with van der Waals surface area (Å²) >= 11 is 0. The summed E-state index contributed by atoms with van der Waals surface area (Å²) in [6.45, 7) is 4.42. The van der Waals surface area contributed by atoms with Crippen LogP contribution in [-0.4, -0.2) is 41.9 Å². The van der Waals surface area contributed by atoms with Crippen molar-refractivity contribution in [1.29, 1.82) is 0 Å². The first-order chi connectivity index (χ1) is 26.3. The molecular weight excluding hydrogens is 691 g/mol. The lowest BCUT2D eigenvalue weighted by atomic mass is 10.0. The van der Waals surface area contributed by atoms with Crippen molar-refractivity contribution in [3.63, 3.8) is 0 Å². The van der Waals surface area contributed by atoms with Gasteiger partial charge in [0.05, 0.1) is 17.9 Å². The minimum atomic E-state index is -4.32. The maximum atomic E-state index is 12.6. The maximum absolute atomic E-state index is 12.6. The van der Waals surface area contributed by atoms with Gasteiger partial charge in [0.1, 0.15) is 0 Å². The van der Waals surface area contributed by atoms with Crippen molar-refractivity contribution < 1.29 is 22.9 Å². The highest BCUT2D eigenvalue weighted by Crippen LogP contribution is 2.16. The van der Waals surface area contributed by atoms with E-state index < -0.39 is 28.0 Å². The summed E-state index contributed by atoms with van der Waals surface area (Å²) in [5, 5.41) is 13.4. The quantitative estimate of drug-likeness (QED) is 0.0327. The van der Waals surface area contributed by atoms with E-state index in [1.165, 1.54) is 103 Å². The van der Waals surface area contributed by atoms with E-state index in [1.807, 2.05) is 0 Å². The summed E-state index contributed by atoms with van der Waals surface area (Å²) < 4.78 is 32.6. The number of carbonyl (C=O) groups excluding carboxylic acids is 1. The standard InChI is InChI=1S/C47H85NO5S/c1-3-5-7-9-11-13-15-17-19-21-22-23-24-25-26-27-29-31-33-35-37-39-41-43-47(50)48-45(44-54(51,52)53)46(49)42-40-38-36-34-32-30-28-20-18-16-14-12-10-8-6-4-2/h5,7,11,13,17,19,22-23,25-26,45-46,49H,3-4,6,8-10,12,14-16,18,20-21,24,27-44H2,1-2H3,(H,48,50)(H,51,52,53)/b7-5-,13-11-,19-17-,23-22-,26-25-. The molecule has 0 aliphatic carbocycles. The van der Waals surface area contributed by atoms with E-state index in [-0.39, 0.29) is 5.91 Å². The molecule has 2 atom stereocenters. The van der Waals surface area contributed by atoms with Gasteiger partial charge in [0, 0.05) is 6.42 Å². The van der Waals surface area contributed by atoms with Gasteiger partial charge in [0.15, 0.2) is 0 Å². The second kappa shape index (κ2) is 40.7. The van der Waals surface area contributed by atoms with Gasteiger partial charge in [-0.1, -0.05) is 209 Å². The molecule has 7 heteroatoms. The number of aliphatic hydroxyl groups excluding tert-OH is 1. The molecule has 0 aliphatic heterocycles. The first-order valence-corrected chi connectivity index (χ1v) is 24.1. The molecule has 0 heterocycles. The molecule has 0 radical (unpaired) electrons. The molecule has 314 valence electrons. The fraction of sp³-hybridized carbons (Fsp3) is 0.766. The van der Waals surface area contributed by atoms with Crippen LogP contribution in [0.25, 0.3) is 0 Å². The van der Waals surface area contributed by atoms with Gasteiger partial charge >= 0.3 is 0 Å². The van der Waals surface area contributed by atoms with Gasteiger partial charge in [0.2, 0.25) is 5.91 Å². The van der Waals surface area contributed by atoms with Gasteiger partial charge in [-0.3, -0.25) is 9.35 Å². The summed E-state index contributed by atoms with van der Waals surface area (Å²) in [5.74, 6) is -0.912. The van der Waals surface area contributed by atoms with Gasteiger partial charge in [0.25, 0.3) is 10.1 Å². The van der Waals surface area contributed by atoms with Gasteiger partial charge in [-0.25, -0.2) is 0 Å². The average Bonchev–Trinajstić information content (AvgIpc) is 3.14. The highest BCUT2D eigenvalue weighted by Gasteiger charge is 2.26. The Morgan fingerprint density at radius 2 is 0.889 bits per heavy atom. The SMILES string of the molecule is CC/C=C\C/C=C\C/C=C\C/C=C\C/C=C\CCCCCCCCCC(=O)NC(CS(=O)(=O)O)C(O)CCCCCCCCCCCCCCCCCC. The van der Waals surface area contributed by atoms with Gasteiger partial charge in [-0.2, -0.15) is 8.42 Å². The smallest absolute Gasteiger partial charge is 0.266 e. The Balaban J connectivity index is 3.86. The lowest BCUT2D eigenvalue weighted by Gasteiger charge is -2.23. The summed E-state index contributed by atoms with van der Waals surface area (Å²) in [6, 6.07) is -0.980. The highest BCUT2D eigenvalue weighted by atomic mass is 32.2. The van der Waals surface area contributed by atoms with Crippen molar-refractivity contribution in [2.24, 2.45) is 0 Å². The molecule has 0 spiro atoms. The van der Waals surface area contributed by atoms with Crippen LogP contribution in [-0.2, 0) is 14.9 Å². The number of nitrogens with one attached hydrogen (secondary N) is 1. The van der Waals surface area contributed by atoms with Gasteiger partial charge in [-0.05, 0) is 57.8 Å². The largest absolute Gasteiger partial charge is 0.391 e.